The van der Waals surface area contributed by atoms with Gasteiger partial charge in [0.1, 0.15) is 18.0 Å². The highest BCUT2D eigenvalue weighted by molar-refractivity contribution is 6.02. The molecule has 1 aromatic carbocycles. The van der Waals surface area contributed by atoms with E-state index in [0.29, 0.717) is 22.7 Å². The van der Waals surface area contributed by atoms with Crippen LogP contribution < -0.4 is 10.7 Å². The number of hydrogen-bond acceptors (Lipinski definition) is 8. The van der Waals surface area contributed by atoms with Crippen LogP contribution in [0.5, 0.6) is 0 Å². The van der Waals surface area contributed by atoms with Crippen LogP contribution in [0, 0.1) is 10.1 Å². The van der Waals surface area contributed by atoms with Crippen LogP contribution in [0.3, 0.4) is 0 Å². The number of nitro benzene ring substituents is 1. The van der Waals surface area contributed by atoms with Gasteiger partial charge in [0.05, 0.1) is 17.1 Å². The lowest BCUT2D eigenvalue weighted by molar-refractivity contribution is -0.384. The summed E-state index contributed by atoms with van der Waals surface area (Å²) in [5, 5.41) is 15.3. The fraction of sp³-hybridized carbons (Fsp3) is 0.353. The van der Waals surface area contributed by atoms with Gasteiger partial charge in [-0.2, -0.15) is 0 Å². The molecule has 2 aliphatic rings. The normalized spacial score (nSPS) is 21.0. The van der Waals surface area contributed by atoms with Gasteiger partial charge < -0.3 is 10.1 Å². The number of nitro groups is 1. The van der Waals surface area contributed by atoms with Gasteiger partial charge in [0, 0.05) is 30.3 Å². The van der Waals surface area contributed by atoms with E-state index in [1.807, 2.05) is 0 Å². The van der Waals surface area contributed by atoms with Gasteiger partial charge in [0.2, 0.25) is 5.91 Å². The molecule has 10 heteroatoms. The Balaban J connectivity index is 2.01. The second kappa shape index (κ2) is 7.06. The summed E-state index contributed by atoms with van der Waals surface area (Å²) >= 11 is 0. The average molecular weight is 373 g/mol. The van der Waals surface area contributed by atoms with Crippen molar-refractivity contribution in [1.29, 1.82) is 0 Å². The number of ether oxygens (including phenoxy) is 1. The van der Waals surface area contributed by atoms with E-state index in [1.54, 1.807) is 13.8 Å². The molecular formula is C17H19N5O5. The van der Waals surface area contributed by atoms with Crippen molar-refractivity contribution in [2.75, 3.05) is 6.61 Å². The zero-order chi connectivity index (χ0) is 19.7. The zero-order valence-electron chi connectivity index (χ0n) is 15.1. The molecule has 27 heavy (non-hydrogen) atoms. The summed E-state index contributed by atoms with van der Waals surface area (Å²) in [5.74, 6) is -0.434. The number of nitrogens with one attached hydrogen (secondary N) is 2. The van der Waals surface area contributed by atoms with Crippen molar-refractivity contribution >= 4 is 23.4 Å². The first-order chi connectivity index (χ1) is 12.8. The third-order valence-corrected chi connectivity index (χ3v) is 4.32. The van der Waals surface area contributed by atoms with E-state index in [-0.39, 0.29) is 18.2 Å². The molecule has 0 radical (unpaired) electrons. The first kappa shape index (κ1) is 18.4. The lowest BCUT2D eigenvalue weighted by Gasteiger charge is -2.37. The number of rotatable bonds is 4. The number of aliphatic imine (C=N–C) groups is 1. The largest absolute Gasteiger partial charge is 0.463 e. The fourth-order valence-corrected chi connectivity index (χ4v) is 3.09. The summed E-state index contributed by atoms with van der Waals surface area (Å²) in [6.45, 7) is 5.05. The number of non-ortho nitro benzene ring substituents is 1. The smallest absolute Gasteiger partial charge is 0.338 e. The minimum absolute atomic E-state index is 0.0538. The first-order valence-corrected chi connectivity index (χ1v) is 8.37. The minimum Gasteiger partial charge on any atom is -0.463 e. The van der Waals surface area contributed by atoms with E-state index in [9.17, 15) is 19.7 Å². The van der Waals surface area contributed by atoms with Crippen LogP contribution in [-0.2, 0) is 14.3 Å². The Morgan fingerprint density at radius 3 is 2.56 bits per heavy atom. The third kappa shape index (κ3) is 3.33. The molecule has 1 aromatic rings. The van der Waals surface area contributed by atoms with Gasteiger partial charge >= 0.3 is 5.97 Å². The second-order valence-electron chi connectivity index (χ2n) is 6.08. The number of amides is 1. The number of carbonyl (C=O) groups is 2. The highest BCUT2D eigenvalue weighted by atomic mass is 16.6. The molecule has 0 aromatic heterocycles. The van der Waals surface area contributed by atoms with E-state index in [2.05, 4.69) is 15.7 Å². The maximum atomic E-state index is 12.4. The van der Waals surface area contributed by atoms with Gasteiger partial charge in [-0.3, -0.25) is 25.3 Å². The lowest BCUT2D eigenvalue weighted by atomic mass is 10.1. The summed E-state index contributed by atoms with van der Waals surface area (Å²) < 4.78 is 5.12. The van der Waals surface area contributed by atoms with E-state index in [4.69, 9.17) is 4.74 Å². The predicted octanol–water partition coefficient (Wildman–Crippen LogP) is 0.843. The van der Waals surface area contributed by atoms with Gasteiger partial charge in [-0.25, -0.2) is 9.80 Å². The number of hydrazine groups is 1. The molecule has 10 nitrogen and oxygen atoms in total. The molecule has 0 saturated carbocycles. The van der Waals surface area contributed by atoms with Gasteiger partial charge in [-0.1, -0.05) is 0 Å². The standard InChI is InChI=1S/C17H19N5O5/c1-4-27-17(24)13-9(2)18-16-14(13)19-15(20-21(16)10(3)23)11-5-7-12(8-6-11)22(25)26/h5-8,14,16,18H,4H2,1-3H3,(H,19,20)/t14-,16-/m1/s1. The van der Waals surface area contributed by atoms with E-state index in [0.717, 1.165) is 0 Å². The van der Waals surface area contributed by atoms with Crippen LogP contribution in [0.15, 0.2) is 40.5 Å². The van der Waals surface area contributed by atoms with Crippen molar-refractivity contribution in [3.63, 3.8) is 0 Å². The third-order valence-electron chi connectivity index (χ3n) is 4.32. The highest BCUT2D eigenvalue weighted by Gasteiger charge is 2.44. The molecule has 2 atom stereocenters. The Morgan fingerprint density at radius 2 is 2.00 bits per heavy atom. The predicted molar refractivity (Wildman–Crippen MR) is 95.3 cm³/mol. The van der Waals surface area contributed by atoms with Crippen LogP contribution in [0.25, 0.3) is 0 Å². The van der Waals surface area contributed by atoms with Gasteiger partial charge in [0.15, 0.2) is 0 Å². The topological polar surface area (TPSA) is 126 Å². The van der Waals surface area contributed by atoms with Crippen molar-refractivity contribution in [3.05, 3.63) is 51.2 Å². The molecule has 0 unspecified atom stereocenters. The maximum absolute atomic E-state index is 12.4. The summed E-state index contributed by atoms with van der Waals surface area (Å²) in [7, 11) is 0. The van der Waals surface area contributed by atoms with Crippen molar-refractivity contribution < 1.29 is 19.2 Å². The van der Waals surface area contributed by atoms with Crippen LogP contribution in [0.2, 0.25) is 0 Å². The molecule has 0 bridgehead atoms. The Kier molecular flexibility index (Phi) is 4.80. The van der Waals surface area contributed by atoms with Crippen LogP contribution in [0.4, 0.5) is 5.69 Å². The Bertz CT molecular complexity index is 861. The molecule has 2 heterocycles. The summed E-state index contributed by atoms with van der Waals surface area (Å²) in [4.78, 5) is 39.4. The molecule has 0 aliphatic carbocycles. The maximum Gasteiger partial charge on any atom is 0.338 e. The number of amidine groups is 1. The Morgan fingerprint density at radius 1 is 1.33 bits per heavy atom. The number of fused-ring (bicyclic) bond motifs is 1. The van der Waals surface area contributed by atoms with E-state index in [1.165, 1.54) is 36.2 Å². The van der Waals surface area contributed by atoms with Crippen LogP contribution in [-0.4, -0.2) is 46.5 Å². The monoisotopic (exact) mass is 373 g/mol. The second-order valence-corrected chi connectivity index (χ2v) is 6.08. The molecule has 0 saturated heterocycles. The van der Waals surface area contributed by atoms with Gasteiger partial charge in [-0.05, 0) is 26.0 Å². The lowest BCUT2D eigenvalue weighted by Crippen LogP contribution is -2.62. The Labute approximate surface area is 155 Å². The summed E-state index contributed by atoms with van der Waals surface area (Å²) in [6.07, 6.45) is -0.566. The van der Waals surface area contributed by atoms with Crippen LogP contribution >= 0.6 is 0 Å². The number of benzene rings is 1. The number of allylic oxidation sites excluding steroid dienone is 1. The van der Waals surface area contributed by atoms with E-state index < -0.39 is 23.1 Å². The van der Waals surface area contributed by atoms with Crippen molar-refractivity contribution in [1.82, 2.24) is 15.8 Å². The zero-order valence-corrected chi connectivity index (χ0v) is 15.1. The quantitative estimate of drug-likeness (QED) is 0.455. The van der Waals surface area contributed by atoms with Crippen molar-refractivity contribution in [2.45, 2.75) is 33.0 Å². The molecule has 1 amide bonds. The van der Waals surface area contributed by atoms with Gasteiger partial charge in [-0.15, -0.1) is 0 Å². The molecular weight excluding hydrogens is 354 g/mol. The van der Waals surface area contributed by atoms with Crippen molar-refractivity contribution in [2.24, 2.45) is 4.99 Å². The number of esters is 1. The minimum atomic E-state index is -0.653. The molecule has 2 N–H and O–H groups in total. The average Bonchev–Trinajstić information content (AvgIpc) is 2.96. The van der Waals surface area contributed by atoms with E-state index >= 15 is 0 Å². The molecule has 0 fully saturated rings. The Hall–Kier alpha value is -3.43. The summed E-state index contributed by atoms with van der Waals surface area (Å²) in [6, 6.07) is 5.12. The summed E-state index contributed by atoms with van der Waals surface area (Å²) in [5.41, 5.74) is 4.37. The van der Waals surface area contributed by atoms with Crippen LogP contribution in [0.1, 0.15) is 26.3 Å². The molecule has 142 valence electrons. The fourth-order valence-electron chi connectivity index (χ4n) is 3.09. The SMILES string of the molecule is CCOC(=O)C1=C(C)N[C@H]2[C@@H]1N=C(c1ccc([N+](=O)[O-])cc1)NN2C(C)=O. The number of carbonyl (C=O) groups excluding carboxylic acids is 2. The van der Waals surface area contributed by atoms with Gasteiger partial charge in [0.25, 0.3) is 5.69 Å². The highest BCUT2D eigenvalue weighted by Crippen LogP contribution is 2.28. The molecule has 2 aliphatic heterocycles. The molecule has 0 spiro atoms. The van der Waals surface area contributed by atoms with Crippen molar-refractivity contribution in [3.8, 4) is 0 Å². The molecule has 3 rings (SSSR count). The number of hydrogen-bond donors (Lipinski definition) is 2. The number of nitrogens with zero attached hydrogens (tertiary/aromatic N) is 3. The first-order valence-electron chi connectivity index (χ1n) is 8.37.